The summed E-state index contributed by atoms with van der Waals surface area (Å²) in [6.07, 6.45) is 5.20. The lowest BCUT2D eigenvalue weighted by Crippen LogP contribution is -2.48. The van der Waals surface area contributed by atoms with Gasteiger partial charge in [-0.1, -0.05) is 24.3 Å². The Hall–Kier alpha value is -2.10. The van der Waals surface area contributed by atoms with Gasteiger partial charge in [-0.25, -0.2) is 0 Å². The molecule has 4 aliphatic carbocycles. The molecule has 2 N–H and O–H groups in total. The lowest BCUT2D eigenvalue weighted by Gasteiger charge is -2.41. The average molecular weight is 311 g/mol. The van der Waals surface area contributed by atoms with Crippen LogP contribution in [0.1, 0.15) is 17.5 Å². The zero-order valence-electron chi connectivity index (χ0n) is 13.3. The van der Waals surface area contributed by atoms with Crippen LogP contribution in [0.15, 0.2) is 30.4 Å². The Balaban J connectivity index is 1.63. The summed E-state index contributed by atoms with van der Waals surface area (Å²) in [4.78, 5) is 24.7. The number of amides is 1. The van der Waals surface area contributed by atoms with Gasteiger partial charge in [0, 0.05) is 5.69 Å². The van der Waals surface area contributed by atoms with Crippen molar-refractivity contribution in [3.05, 3.63) is 41.5 Å². The number of carboxylic acid groups (broad SMARTS) is 1. The van der Waals surface area contributed by atoms with Gasteiger partial charge in [0.1, 0.15) is 0 Å². The Morgan fingerprint density at radius 2 is 1.74 bits per heavy atom. The maximum absolute atomic E-state index is 12.9. The number of carbonyl (C=O) groups is 2. The Bertz CT molecular complexity index is 723. The summed E-state index contributed by atoms with van der Waals surface area (Å²) in [5.74, 6) is -0.921. The van der Waals surface area contributed by atoms with Gasteiger partial charge >= 0.3 is 5.97 Å². The van der Waals surface area contributed by atoms with Gasteiger partial charge in [-0.15, -0.1) is 0 Å². The highest BCUT2D eigenvalue weighted by molar-refractivity contribution is 5.96. The van der Waals surface area contributed by atoms with Gasteiger partial charge in [-0.2, -0.15) is 0 Å². The molecular formula is C19H21NO3. The van der Waals surface area contributed by atoms with Crippen molar-refractivity contribution >= 4 is 17.6 Å². The van der Waals surface area contributed by atoms with Gasteiger partial charge in [-0.05, 0) is 61.1 Å². The molecule has 2 bridgehead atoms. The first kappa shape index (κ1) is 14.5. The highest BCUT2D eigenvalue weighted by Gasteiger charge is 2.62. The number of hydrogen-bond donors (Lipinski definition) is 2. The molecule has 2 saturated carbocycles. The summed E-state index contributed by atoms with van der Waals surface area (Å²) in [7, 11) is 0. The SMILES string of the molecule is Cc1ccc(C)c(NC(=O)[C@@H]2[C@H]3C=C[C@@H]([C@@H]4C[C@@H]34)[C@H]2C(=O)O)c1. The predicted molar refractivity (Wildman–Crippen MR) is 86.9 cm³/mol. The molecule has 23 heavy (non-hydrogen) atoms. The van der Waals surface area contributed by atoms with Gasteiger partial charge in [0.2, 0.25) is 5.91 Å². The third-order valence-electron chi connectivity index (χ3n) is 5.89. The van der Waals surface area contributed by atoms with Crippen LogP contribution < -0.4 is 5.32 Å². The fourth-order valence-corrected chi connectivity index (χ4v) is 4.66. The first-order valence-electron chi connectivity index (χ1n) is 8.26. The molecular weight excluding hydrogens is 290 g/mol. The zero-order chi connectivity index (χ0) is 16.3. The fourth-order valence-electron chi connectivity index (χ4n) is 4.66. The maximum atomic E-state index is 12.9. The van der Waals surface area contributed by atoms with Gasteiger partial charge < -0.3 is 10.4 Å². The maximum Gasteiger partial charge on any atom is 0.307 e. The number of aliphatic carboxylic acids is 1. The van der Waals surface area contributed by atoms with Gasteiger partial charge in [0.15, 0.2) is 0 Å². The Kier molecular flexibility index (Phi) is 3.12. The number of hydrogen-bond acceptors (Lipinski definition) is 2. The second-order valence-corrected chi connectivity index (χ2v) is 7.30. The van der Waals surface area contributed by atoms with E-state index in [1.165, 1.54) is 0 Å². The Morgan fingerprint density at radius 1 is 1.09 bits per heavy atom. The Labute approximate surface area is 135 Å². The summed E-state index contributed by atoms with van der Waals surface area (Å²) in [6, 6.07) is 5.93. The molecule has 0 saturated heterocycles. The van der Waals surface area contributed by atoms with E-state index in [2.05, 4.69) is 11.4 Å². The van der Waals surface area contributed by atoms with Crippen molar-refractivity contribution in [2.75, 3.05) is 5.32 Å². The molecule has 5 rings (SSSR count). The van der Waals surface area contributed by atoms with E-state index < -0.39 is 17.8 Å². The molecule has 120 valence electrons. The minimum absolute atomic E-state index is 0.0249. The molecule has 1 amide bonds. The van der Waals surface area contributed by atoms with E-state index in [4.69, 9.17) is 0 Å². The van der Waals surface area contributed by atoms with Crippen molar-refractivity contribution in [1.29, 1.82) is 0 Å². The van der Waals surface area contributed by atoms with Gasteiger partial charge in [-0.3, -0.25) is 9.59 Å². The largest absolute Gasteiger partial charge is 0.481 e. The van der Waals surface area contributed by atoms with Crippen LogP contribution in [-0.4, -0.2) is 17.0 Å². The summed E-state index contributed by atoms with van der Waals surface area (Å²) in [5, 5.41) is 12.7. The second kappa shape index (κ2) is 4.95. The van der Waals surface area contributed by atoms with Crippen LogP contribution in [0.4, 0.5) is 5.69 Å². The molecule has 0 aliphatic heterocycles. The van der Waals surface area contributed by atoms with Crippen molar-refractivity contribution in [3.63, 3.8) is 0 Å². The molecule has 0 spiro atoms. The van der Waals surface area contributed by atoms with E-state index in [0.717, 1.165) is 23.2 Å². The van der Waals surface area contributed by atoms with Crippen LogP contribution >= 0.6 is 0 Å². The van der Waals surface area contributed by atoms with Gasteiger partial charge in [0.05, 0.1) is 11.8 Å². The standard InChI is InChI=1S/C19H21NO3/c1-9-3-4-10(2)15(7-9)20-18(21)16-11-5-6-12(14-8-13(11)14)17(16)19(22)23/h3-7,11-14,16-17H,8H2,1-2H3,(H,20,21)(H,22,23)/t11-,12-,13-,14-,16+,17+/m0/s1. The molecule has 0 radical (unpaired) electrons. The quantitative estimate of drug-likeness (QED) is 0.843. The van der Waals surface area contributed by atoms with Crippen LogP contribution in [-0.2, 0) is 9.59 Å². The van der Waals surface area contributed by atoms with E-state index in [-0.39, 0.29) is 17.7 Å². The molecule has 4 heteroatoms. The number of anilines is 1. The van der Waals surface area contributed by atoms with E-state index in [1.54, 1.807) is 0 Å². The molecule has 6 atom stereocenters. The van der Waals surface area contributed by atoms with Crippen molar-refractivity contribution in [2.24, 2.45) is 35.5 Å². The number of carbonyl (C=O) groups excluding carboxylic acids is 1. The normalized spacial score (nSPS) is 36.4. The van der Waals surface area contributed by atoms with Crippen LogP contribution in [0.3, 0.4) is 0 Å². The molecule has 1 aromatic carbocycles. The summed E-state index contributed by atoms with van der Waals surface area (Å²) in [6.45, 7) is 3.93. The summed E-state index contributed by atoms with van der Waals surface area (Å²) in [5.41, 5.74) is 2.86. The van der Waals surface area contributed by atoms with E-state index in [0.29, 0.717) is 11.8 Å². The molecule has 1 aromatic rings. The van der Waals surface area contributed by atoms with E-state index in [1.807, 2.05) is 38.1 Å². The fraction of sp³-hybridized carbons (Fsp3) is 0.474. The third kappa shape index (κ3) is 2.19. The van der Waals surface area contributed by atoms with Gasteiger partial charge in [0.25, 0.3) is 0 Å². The number of fused-ring (bicyclic) bond motifs is 1. The van der Waals surface area contributed by atoms with Crippen molar-refractivity contribution in [2.45, 2.75) is 20.3 Å². The average Bonchev–Trinajstić information content (AvgIpc) is 3.32. The lowest BCUT2D eigenvalue weighted by atomic mass is 9.62. The summed E-state index contributed by atoms with van der Waals surface area (Å²) < 4.78 is 0. The highest BCUT2D eigenvalue weighted by Crippen LogP contribution is 2.63. The van der Waals surface area contributed by atoms with Crippen molar-refractivity contribution in [1.82, 2.24) is 0 Å². The number of carboxylic acids is 1. The Morgan fingerprint density at radius 3 is 2.39 bits per heavy atom. The molecule has 4 aliphatic rings. The number of benzene rings is 1. The lowest BCUT2D eigenvalue weighted by molar-refractivity contribution is -0.152. The molecule has 0 aromatic heterocycles. The summed E-state index contributed by atoms with van der Waals surface area (Å²) >= 11 is 0. The van der Waals surface area contributed by atoms with Crippen LogP contribution in [0.5, 0.6) is 0 Å². The monoisotopic (exact) mass is 311 g/mol. The topological polar surface area (TPSA) is 66.4 Å². The first-order valence-corrected chi connectivity index (χ1v) is 8.26. The number of rotatable bonds is 3. The van der Waals surface area contributed by atoms with Crippen molar-refractivity contribution in [3.8, 4) is 0 Å². The first-order chi connectivity index (χ1) is 11.0. The molecule has 4 nitrogen and oxygen atoms in total. The highest BCUT2D eigenvalue weighted by atomic mass is 16.4. The van der Waals surface area contributed by atoms with Crippen LogP contribution in [0.25, 0.3) is 0 Å². The third-order valence-corrected chi connectivity index (χ3v) is 5.89. The number of allylic oxidation sites excluding steroid dienone is 2. The minimum atomic E-state index is -0.837. The van der Waals surface area contributed by atoms with E-state index >= 15 is 0 Å². The predicted octanol–water partition coefficient (Wildman–Crippen LogP) is 3.01. The molecule has 2 fully saturated rings. The number of aryl methyl sites for hydroxylation is 2. The van der Waals surface area contributed by atoms with Crippen LogP contribution in [0.2, 0.25) is 0 Å². The molecule has 0 unspecified atom stereocenters. The number of nitrogens with one attached hydrogen (secondary N) is 1. The minimum Gasteiger partial charge on any atom is -0.481 e. The zero-order valence-corrected chi connectivity index (χ0v) is 13.3. The smallest absolute Gasteiger partial charge is 0.307 e. The van der Waals surface area contributed by atoms with Crippen molar-refractivity contribution < 1.29 is 14.7 Å². The van der Waals surface area contributed by atoms with E-state index in [9.17, 15) is 14.7 Å². The molecule has 0 heterocycles. The van der Waals surface area contributed by atoms with Crippen LogP contribution in [0, 0.1) is 49.4 Å². The second-order valence-electron chi connectivity index (χ2n) is 7.30.